The fourth-order valence-corrected chi connectivity index (χ4v) is 3.56. The summed E-state index contributed by atoms with van der Waals surface area (Å²) in [6.07, 6.45) is -0.629. The number of carbonyl (C=O) groups is 3. The molecule has 3 aromatic rings. The lowest BCUT2D eigenvalue weighted by molar-refractivity contribution is -0.134. The van der Waals surface area contributed by atoms with Gasteiger partial charge in [-0.15, -0.1) is 0 Å². The Kier molecular flexibility index (Phi) is 7.34. The zero-order chi connectivity index (χ0) is 24.0. The minimum Gasteiger partial charge on any atom is -0.480 e. The van der Waals surface area contributed by atoms with E-state index in [0.29, 0.717) is 22.6 Å². The van der Waals surface area contributed by atoms with E-state index in [4.69, 9.17) is 9.84 Å². The maximum atomic E-state index is 12.9. The number of ether oxygens (including phenoxy) is 1. The zero-order valence-corrected chi connectivity index (χ0v) is 19.3. The Labute approximate surface area is 195 Å². The molecule has 33 heavy (non-hydrogen) atoms. The number of thiophene rings is 1. The summed E-state index contributed by atoms with van der Waals surface area (Å²) in [4.78, 5) is 35.9. The molecule has 0 spiro atoms. The highest BCUT2D eigenvalue weighted by Crippen LogP contribution is 2.31. The summed E-state index contributed by atoms with van der Waals surface area (Å²) < 4.78 is 5.33. The molecule has 0 atom stereocenters. The van der Waals surface area contributed by atoms with Crippen LogP contribution in [0.1, 0.15) is 31.1 Å². The summed E-state index contributed by atoms with van der Waals surface area (Å²) in [6, 6.07) is 13.7. The third kappa shape index (κ3) is 7.08. The second kappa shape index (κ2) is 10.2. The van der Waals surface area contributed by atoms with Gasteiger partial charge in [0.25, 0.3) is 5.91 Å². The summed E-state index contributed by atoms with van der Waals surface area (Å²) >= 11 is 1.56. The molecule has 1 aromatic heterocycles. The first-order valence-corrected chi connectivity index (χ1v) is 11.1. The van der Waals surface area contributed by atoms with Crippen LogP contribution in [0.2, 0.25) is 0 Å². The molecule has 9 heteroatoms. The molecular weight excluding hydrogens is 442 g/mol. The van der Waals surface area contributed by atoms with E-state index in [1.165, 1.54) is 0 Å². The summed E-state index contributed by atoms with van der Waals surface area (Å²) in [5, 5.41) is 21.0. The average molecular weight is 468 g/mol. The first-order valence-electron chi connectivity index (χ1n) is 10.1. The normalized spacial score (nSPS) is 10.9. The van der Waals surface area contributed by atoms with Crippen molar-refractivity contribution < 1.29 is 24.2 Å². The Morgan fingerprint density at radius 1 is 0.939 bits per heavy atom. The molecule has 3 rings (SSSR count). The van der Waals surface area contributed by atoms with Crippen molar-refractivity contribution in [3.63, 3.8) is 0 Å². The van der Waals surface area contributed by atoms with Crippen LogP contribution >= 0.6 is 11.3 Å². The van der Waals surface area contributed by atoms with E-state index in [1.54, 1.807) is 68.5 Å². The van der Waals surface area contributed by atoms with Crippen molar-refractivity contribution in [2.45, 2.75) is 26.4 Å². The lowest BCUT2D eigenvalue weighted by atomic mass is 10.1. The summed E-state index contributed by atoms with van der Waals surface area (Å²) in [5.41, 5.74) is 2.99. The summed E-state index contributed by atoms with van der Waals surface area (Å²) in [6.45, 7) is 5.08. The van der Waals surface area contributed by atoms with Gasteiger partial charge in [-0.3, -0.25) is 14.9 Å². The van der Waals surface area contributed by atoms with Crippen molar-refractivity contribution in [1.82, 2.24) is 0 Å². The molecule has 1 heterocycles. The van der Waals surface area contributed by atoms with Crippen molar-refractivity contribution in [2.24, 2.45) is 0 Å². The number of carbonyl (C=O) groups excluding carboxylic acids is 2. The van der Waals surface area contributed by atoms with Crippen molar-refractivity contribution in [2.75, 3.05) is 22.5 Å². The zero-order valence-electron chi connectivity index (χ0n) is 18.5. The number of nitrogens with one attached hydrogen (secondary N) is 3. The van der Waals surface area contributed by atoms with E-state index >= 15 is 0 Å². The SMILES string of the molecule is CC(C)(C)OC(=O)Nc1ccc(-c2ccsc2)cc1NC(=O)c1ccc(NCC(=O)O)cc1. The molecule has 8 nitrogen and oxygen atoms in total. The maximum absolute atomic E-state index is 12.9. The lowest BCUT2D eigenvalue weighted by Crippen LogP contribution is -2.27. The molecule has 0 saturated heterocycles. The van der Waals surface area contributed by atoms with Gasteiger partial charge in [0, 0.05) is 11.3 Å². The van der Waals surface area contributed by atoms with Crippen LogP contribution < -0.4 is 16.0 Å². The van der Waals surface area contributed by atoms with Crippen molar-refractivity contribution in [3.05, 3.63) is 64.9 Å². The molecule has 172 valence electrons. The number of rotatable bonds is 7. The third-order valence-corrected chi connectivity index (χ3v) is 5.03. The summed E-state index contributed by atoms with van der Waals surface area (Å²) in [5.74, 6) is -1.36. The van der Waals surface area contributed by atoms with Crippen molar-refractivity contribution in [1.29, 1.82) is 0 Å². The fourth-order valence-electron chi connectivity index (χ4n) is 2.89. The lowest BCUT2D eigenvalue weighted by Gasteiger charge is -2.21. The number of carboxylic acid groups (broad SMARTS) is 1. The van der Waals surface area contributed by atoms with E-state index in [1.807, 2.05) is 22.9 Å². The van der Waals surface area contributed by atoms with Crippen LogP contribution in [0.25, 0.3) is 11.1 Å². The van der Waals surface area contributed by atoms with Crippen LogP contribution in [0.3, 0.4) is 0 Å². The molecule has 0 saturated carbocycles. The third-order valence-electron chi connectivity index (χ3n) is 4.35. The number of hydrogen-bond donors (Lipinski definition) is 4. The minimum atomic E-state index is -0.979. The molecule has 0 unspecified atom stereocenters. The predicted molar refractivity (Wildman–Crippen MR) is 130 cm³/mol. The van der Waals surface area contributed by atoms with E-state index in [9.17, 15) is 14.4 Å². The molecule has 0 radical (unpaired) electrons. The van der Waals surface area contributed by atoms with Gasteiger partial charge < -0.3 is 20.5 Å². The summed E-state index contributed by atoms with van der Waals surface area (Å²) in [7, 11) is 0. The van der Waals surface area contributed by atoms with Crippen LogP contribution in [0, 0.1) is 0 Å². The highest BCUT2D eigenvalue weighted by atomic mass is 32.1. The number of benzene rings is 2. The molecule has 0 fully saturated rings. The largest absolute Gasteiger partial charge is 0.480 e. The molecule has 0 aliphatic heterocycles. The van der Waals surface area contributed by atoms with Crippen LogP contribution in [0.15, 0.2) is 59.3 Å². The van der Waals surface area contributed by atoms with Gasteiger partial charge in [-0.05, 0) is 85.1 Å². The van der Waals surface area contributed by atoms with Gasteiger partial charge in [0.1, 0.15) is 12.1 Å². The van der Waals surface area contributed by atoms with E-state index in [-0.39, 0.29) is 12.5 Å². The standard InChI is InChI=1S/C24H25N3O5S/c1-24(2,3)32-23(31)27-19-9-6-16(17-10-11-33-14-17)12-20(19)26-22(30)15-4-7-18(8-5-15)25-13-21(28)29/h4-12,14,25H,13H2,1-3H3,(H,26,30)(H,27,31)(H,28,29). The van der Waals surface area contributed by atoms with E-state index in [2.05, 4.69) is 16.0 Å². The Hall–Kier alpha value is -3.85. The van der Waals surface area contributed by atoms with E-state index in [0.717, 1.165) is 11.1 Å². The molecule has 0 bridgehead atoms. The Morgan fingerprint density at radius 2 is 1.67 bits per heavy atom. The molecular formula is C24H25N3O5S. The smallest absolute Gasteiger partial charge is 0.412 e. The second-order valence-electron chi connectivity index (χ2n) is 8.18. The first-order chi connectivity index (χ1) is 15.6. The maximum Gasteiger partial charge on any atom is 0.412 e. The van der Waals surface area contributed by atoms with Crippen molar-refractivity contribution in [3.8, 4) is 11.1 Å². The van der Waals surface area contributed by atoms with Crippen LogP contribution in [-0.4, -0.2) is 35.2 Å². The van der Waals surface area contributed by atoms with Crippen LogP contribution in [0.5, 0.6) is 0 Å². The number of anilines is 3. The van der Waals surface area contributed by atoms with Crippen LogP contribution in [-0.2, 0) is 9.53 Å². The van der Waals surface area contributed by atoms with Crippen molar-refractivity contribution >= 4 is 46.4 Å². The van der Waals surface area contributed by atoms with Gasteiger partial charge in [-0.25, -0.2) is 4.79 Å². The molecule has 2 amide bonds. The predicted octanol–water partition coefficient (Wildman–Crippen LogP) is 5.51. The monoisotopic (exact) mass is 467 g/mol. The van der Waals surface area contributed by atoms with Crippen LogP contribution in [0.4, 0.5) is 21.9 Å². The van der Waals surface area contributed by atoms with E-state index < -0.39 is 17.7 Å². The topological polar surface area (TPSA) is 117 Å². The highest BCUT2D eigenvalue weighted by Gasteiger charge is 2.18. The quantitative estimate of drug-likeness (QED) is 0.364. The fraction of sp³-hybridized carbons (Fsp3) is 0.208. The molecule has 2 aromatic carbocycles. The number of amides is 2. The highest BCUT2D eigenvalue weighted by molar-refractivity contribution is 7.08. The van der Waals surface area contributed by atoms with Gasteiger partial charge in [0.15, 0.2) is 0 Å². The Bertz CT molecular complexity index is 1140. The number of aliphatic carboxylic acids is 1. The average Bonchev–Trinajstić information content (AvgIpc) is 3.27. The molecule has 4 N–H and O–H groups in total. The molecule has 0 aliphatic rings. The second-order valence-corrected chi connectivity index (χ2v) is 8.96. The molecule has 0 aliphatic carbocycles. The number of hydrogen-bond acceptors (Lipinski definition) is 6. The van der Waals surface area contributed by atoms with Gasteiger partial charge >= 0.3 is 12.1 Å². The van der Waals surface area contributed by atoms with Gasteiger partial charge in [-0.2, -0.15) is 11.3 Å². The van der Waals surface area contributed by atoms with Gasteiger partial charge in [-0.1, -0.05) is 6.07 Å². The van der Waals surface area contributed by atoms with Gasteiger partial charge in [0.05, 0.1) is 11.4 Å². The minimum absolute atomic E-state index is 0.222. The Balaban J connectivity index is 1.82. The van der Waals surface area contributed by atoms with Gasteiger partial charge in [0.2, 0.25) is 0 Å². The first kappa shape index (κ1) is 23.8. The number of carboxylic acids is 1. The Morgan fingerprint density at radius 3 is 2.27 bits per heavy atom.